The van der Waals surface area contributed by atoms with Gasteiger partial charge in [0.1, 0.15) is 0 Å². The zero-order valence-electron chi connectivity index (χ0n) is 12.3. The highest BCUT2D eigenvalue weighted by molar-refractivity contribution is 5.02. The predicted octanol–water partition coefficient (Wildman–Crippen LogP) is 0.630. The standard InChI is InChI=1S/C14H27N5/c1-3-19-13-14(12-16-19)11-15-5-4-6-18-9-7-17(2)8-10-18/h12-13,15H,3-11H2,1-2H3. The maximum Gasteiger partial charge on any atom is 0.0534 e. The summed E-state index contributed by atoms with van der Waals surface area (Å²) in [6.07, 6.45) is 5.30. The van der Waals surface area contributed by atoms with Gasteiger partial charge >= 0.3 is 0 Å². The number of aromatic nitrogens is 2. The lowest BCUT2D eigenvalue weighted by molar-refractivity contribution is 0.153. The van der Waals surface area contributed by atoms with Gasteiger partial charge in [-0.1, -0.05) is 0 Å². The maximum atomic E-state index is 4.28. The third-order valence-corrected chi connectivity index (χ3v) is 3.76. The van der Waals surface area contributed by atoms with Crippen LogP contribution in [0.15, 0.2) is 12.4 Å². The molecule has 1 aliphatic heterocycles. The highest BCUT2D eigenvalue weighted by atomic mass is 15.3. The van der Waals surface area contributed by atoms with Crippen molar-refractivity contribution in [1.82, 2.24) is 24.9 Å². The number of nitrogens with one attached hydrogen (secondary N) is 1. The van der Waals surface area contributed by atoms with Crippen LogP contribution >= 0.6 is 0 Å². The van der Waals surface area contributed by atoms with Gasteiger partial charge < -0.3 is 15.1 Å². The van der Waals surface area contributed by atoms with E-state index in [1.807, 2.05) is 10.9 Å². The van der Waals surface area contributed by atoms with Crippen LogP contribution in [0.2, 0.25) is 0 Å². The summed E-state index contributed by atoms with van der Waals surface area (Å²) in [6, 6.07) is 0. The molecule has 0 spiro atoms. The lowest BCUT2D eigenvalue weighted by atomic mass is 10.3. The first-order chi connectivity index (χ1) is 9.28. The summed E-state index contributed by atoms with van der Waals surface area (Å²) in [5.41, 5.74) is 1.28. The fourth-order valence-electron chi connectivity index (χ4n) is 2.40. The molecule has 5 nitrogen and oxygen atoms in total. The minimum absolute atomic E-state index is 0.933. The highest BCUT2D eigenvalue weighted by Crippen LogP contribution is 2.00. The van der Waals surface area contributed by atoms with Crippen molar-refractivity contribution >= 4 is 0 Å². The fraction of sp³-hybridized carbons (Fsp3) is 0.786. The number of rotatable bonds is 7. The molecule has 0 aliphatic carbocycles. The van der Waals surface area contributed by atoms with E-state index in [0.29, 0.717) is 0 Å². The van der Waals surface area contributed by atoms with Gasteiger partial charge in [-0.2, -0.15) is 5.10 Å². The van der Waals surface area contributed by atoms with Crippen molar-refractivity contribution in [1.29, 1.82) is 0 Å². The summed E-state index contributed by atoms with van der Waals surface area (Å²) in [5.74, 6) is 0. The normalized spacial score (nSPS) is 18.0. The molecule has 19 heavy (non-hydrogen) atoms. The molecule has 0 saturated carbocycles. The number of aryl methyl sites for hydroxylation is 1. The fourth-order valence-corrected chi connectivity index (χ4v) is 2.40. The van der Waals surface area contributed by atoms with Gasteiger partial charge in [0.05, 0.1) is 6.20 Å². The molecule has 1 aromatic heterocycles. The Morgan fingerprint density at radius 1 is 1.26 bits per heavy atom. The zero-order chi connectivity index (χ0) is 13.5. The molecule has 1 aromatic rings. The van der Waals surface area contributed by atoms with E-state index >= 15 is 0 Å². The van der Waals surface area contributed by atoms with Crippen molar-refractivity contribution in [2.24, 2.45) is 0 Å². The highest BCUT2D eigenvalue weighted by Gasteiger charge is 2.12. The lowest BCUT2D eigenvalue weighted by Gasteiger charge is -2.32. The largest absolute Gasteiger partial charge is 0.313 e. The number of likely N-dealkylation sites (N-methyl/N-ethyl adjacent to an activating group) is 1. The molecule has 0 aromatic carbocycles. The van der Waals surface area contributed by atoms with Crippen molar-refractivity contribution in [3.8, 4) is 0 Å². The van der Waals surface area contributed by atoms with E-state index in [1.54, 1.807) is 0 Å². The van der Waals surface area contributed by atoms with Gasteiger partial charge in [0.15, 0.2) is 0 Å². The van der Waals surface area contributed by atoms with Gasteiger partial charge in [-0.15, -0.1) is 0 Å². The molecule has 0 unspecified atom stereocenters. The van der Waals surface area contributed by atoms with E-state index in [-0.39, 0.29) is 0 Å². The average Bonchev–Trinajstić information content (AvgIpc) is 2.88. The van der Waals surface area contributed by atoms with Gasteiger partial charge in [0.25, 0.3) is 0 Å². The predicted molar refractivity (Wildman–Crippen MR) is 78.2 cm³/mol. The van der Waals surface area contributed by atoms with Crippen molar-refractivity contribution in [3.63, 3.8) is 0 Å². The first-order valence-corrected chi connectivity index (χ1v) is 7.41. The summed E-state index contributed by atoms with van der Waals surface area (Å²) in [7, 11) is 2.20. The van der Waals surface area contributed by atoms with Gasteiger partial charge in [-0.05, 0) is 33.5 Å². The molecule has 0 bridgehead atoms. The Hall–Kier alpha value is -0.910. The Morgan fingerprint density at radius 3 is 2.74 bits per heavy atom. The van der Waals surface area contributed by atoms with Crippen LogP contribution in [0.5, 0.6) is 0 Å². The molecular formula is C14H27N5. The van der Waals surface area contributed by atoms with E-state index in [2.05, 4.69) is 40.4 Å². The van der Waals surface area contributed by atoms with E-state index < -0.39 is 0 Å². The van der Waals surface area contributed by atoms with Crippen molar-refractivity contribution in [2.75, 3.05) is 46.3 Å². The van der Waals surface area contributed by atoms with Crippen LogP contribution in [-0.2, 0) is 13.1 Å². The molecule has 0 amide bonds. The van der Waals surface area contributed by atoms with Crippen LogP contribution in [-0.4, -0.2) is 65.9 Å². The minimum Gasteiger partial charge on any atom is -0.313 e. The molecule has 1 fully saturated rings. The Balaban J connectivity index is 1.52. The van der Waals surface area contributed by atoms with Crippen LogP contribution in [0.3, 0.4) is 0 Å². The first-order valence-electron chi connectivity index (χ1n) is 7.41. The molecule has 1 saturated heterocycles. The van der Waals surface area contributed by atoms with Gasteiger partial charge in [0.2, 0.25) is 0 Å². The third kappa shape index (κ3) is 4.93. The summed E-state index contributed by atoms with van der Waals surface area (Å²) in [5, 5.41) is 7.77. The second kappa shape index (κ2) is 7.62. The Morgan fingerprint density at radius 2 is 2.05 bits per heavy atom. The van der Waals surface area contributed by atoms with Crippen LogP contribution < -0.4 is 5.32 Å². The summed E-state index contributed by atoms with van der Waals surface area (Å²) in [6.45, 7) is 11.2. The lowest BCUT2D eigenvalue weighted by Crippen LogP contribution is -2.45. The molecule has 1 aliphatic rings. The Labute approximate surface area is 116 Å². The Kier molecular flexibility index (Phi) is 5.82. The van der Waals surface area contributed by atoms with Gasteiger partial charge in [-0.3, -0.25) is 4.68 Å². The second-order valence-electron chi connectivity index (χ2n) is 5.38. The maximum absolute atomic E-state index is 4.28. The smallest absolute Gasteiger partial charge is 0.0534 e. The summed E-state index contributed by atoms with van der Waals surface area (Å²) >= 11 is 0. The number of hydrogen-bond donors (Lipinski definition) is 1. The molecule has 2 rings (SSSR count). The molecule has 0 radical (unpaired) electrons. The second-order valence-corrected chi connectivity index (χ2v) is 5.38. The van der Waals surface area contributed by atoms with E-state index in [1.165, 1.54) is 44.7 Å². The van der Waals surface area contributed by atoms with Gasteiger partial charge in [0, 0.05) is 51.0 Å². The van der Waals surface area contributed by atoms with Crippen LogP contribution in [0.4, 0.5) is 0 Å². The topological polar surface area (TPSA) is 36.3 Å². The Bertz CT molecular complexity index is 354. The molecule has 108 valence electrons. The minimum atomic E-state index is 0.933. The molecule has 1 N–H and O–H groups in total. The van der Waals surface area contributed by atoms with Crippen LogP contribution in [0, 0.1) is 0 Å². The molecule has 2 heterocycles. The quantitative estimate of drug-likeness (QED) is 0.734. The van der Waals surface area contributed by atoms with Crippen molar-refractivity contribution in [3.05, 3.63) is 18.0 Å². The third-order valence-electron chi connectivity index (χ3n) is 3.76. The summed E-state index contributed by atoms with van der Waals surface area (Å²) in [4.78, 5) is 4.97. The average molecular weight is 265 g/mol. The molecular weight excluding hydrogens is 238 g/mol. The van der Waals surface area contributed by atoms with E-state index in [0.717, 1.165) is 19.6 Å². The van der Waals surface area contributed by atoms with Crippen LogP contribution in [0.25, 0.3) is 0 Å². The van der Waals surface area contributed by atoms with Crippen molar-refractivity contribution < 1.29 is 0 Å². The van der Waals surface area contributed by atoms with Crippen molar-refractivity contribution in [2.45, 2.75) is 26.4 Å². The summed E-state index contributed by atoms with van der Waals surface area (Å²) < 4.78 is 1.97. The SMILES string of the molecule is CCn1cc(CNCCCN2CCN(C)CC2)cn1. The number of hydrogen-bond acceptors (Lipinski definition) is 4. The molecule has 0 atom stereocenters. The van der Waals surface area contributed by atoms with Gasteiger partial charge in [-0.25, -0.2) is 0 Å². The monoisotopic (exact) mass is 265 g/mol. The number of nitrogens with zero attached hydrogens (tertiary/aromatic N) is 4. The number of piperazine rings is 1. The van der Waals surface area contributed by atoms with E-state index in [4.69, 9.17) is 0 Å². The zero-order valence-corrected chi connectivity index (χ0v) is 12.3. The van der Waals surface area contributed by atoms with Crippen LogP contribution in [0.1, 0.15) is 18.9 Å². The first kappa shape index (κ1) is 14.5. The van der Waals surface area contributed by atoms with E-state index in [9.17, 15) is 0 Å². The molecule has 5 heteroatoms.